The second-order valence-electron chi connectivity index (χ2n) is 18.3. The summed E-state index contributed by atoms with van der Waals surface area (Å²) in [4.78, 5) is 0. The van der Waals surface area contributed by atoms with Crippen LogP contribution in [0.1, 0.15) is 179 Å². The van der Waals surface area contributed by atoms with Crippen molar-refractivity contribution < 1.29 is 11.4 Å². The van der Waals surface area contributed by atoms with Gasteiger partial charge in [0.05, 0.1) is 0 Å². The van der Waals surface area contributed by atoms with Crippen LogP contribution in [0.15, 0.2) is 0 Å². The first kappa shape index (κ1) is 37.9. The molecule has 43 heavy (non-hydrogen) atoms. The molecule has 0 saturated heterocycles. The maximum absolute atomic E-state index is 7.83. The van der Waals surface area contributed by atoms with Crippen LogP contribution < -0.4 is 0 Å². The SMILES string of the molecule is CC(C)CC(CC(C)C)([O][Al]([O]C(CC(C)C)(CC(C)C)C1CCC1)[O]C(CC(C)C)(CC(C)C)C1CCC1)C1CCC1. The zero-order valence-electron chi connectivity index (χ0n) is 31.1. The van der Waals surface area contributed by atoms with E-state index >= 15 is 0 Å². The molecule has 0 radical (unpaired) electrons. The van der Waals surface area contributed by atoms with Crippen LogP contribution in [-0.4, -0.2) is 32.0 Å². The van der Waals surface area contributed by atoms with Crippen molar-refractivity contribution in [1.29, 1.82) is 0 Å². The maximum atomic E-state index is 7.83. The van der Waals surface area contributed by atoms with Gasteiger partial charge in [-0.15, -0.1) is 0 Å². The third-order valence-electron chi connectivity index (χ3n) is 11.1. The average molecular weight is 619 g/mol. The minimum atomic E-state index is -2.57. The van der Waals surface area contributed by atoms with Gasteiger partial charge in [-0.1, -0.05) is 102 Å². The minimum absolute atomic E-state index is 0.125. The normalized spacial score (nSPS) is 19.7. The first-order valence-corrected chi connectivity index (χ1v) is 20.5. The van der Waals surface area contributed by atoms with Crippen LogP contribution in [0.4, 0.5) is 0 Å². The highest BCUT2D eigenvalue weighted by Crippen LogP contribution is 2.52. The summed E-state index contributed by atoms with van der Waals surface area (Å²) in [6.45, 7) is 28.9. The third-order valence-corrected chi connectivity index (χ3v) is 13.0. The maximum Gasteiger partial charge on any atom is 0.906 e. The summed E-state index contributed by atoms with van der Waals surface area (Å²) in [6, 6.07) is 0. The summed E-state index contributed by atoms with van der Waals surface area (Å²) < 4.78 is 23.5. The third kappa shape index (κ3) is 10.5. The first-order chi connectivity index (χ1) is 20.1. The zero-order chi connectivity index (χ0) is 32.0. The van der Waals surface area contributed by atoms with Gasteiger partial charge in [0.2, 0.25) is 0 Å². The van der Waals surface area contributed by atoms with Gasteiger partial charge in [-0.3, -0.25) is 0 Å². The van der Waals surface area contributed by atoms with Gasteiger partial charge in [0.25, 0.3) is 0 Å². The highest BCUT2D eigenvalue weighted by atomic mass is 27.3. The molecule has 3 nitrogen and oxygen atoms in total. The van der Waals surface area contributed by atoms with Crippen LogP contribution in [-0.2, 0) is 11.4 Å². The fraction of sp³-hybridized carbons (Fsp3) is 1.00. The van der Waals surface area contributed by atoms with Gasteiger partial charge in [-0.2, -0.15) is 0 Å². The zero-order valence-corrected chi connectivity index (χ0v) is 32.3. The Morgan fingerprint density at radius 2 is 0.581 bits per heavy atom. The van der Waals surface area contributed by atoms with Crippen molar-refractivity contribution in [2.45, 2.75) is 196 Å². The van der Waals surface area contributed by atoms with Crippen molar-refractivity contribution >= 4 is 15.1 Å². The van der Waals surface area contributed by atoms with Crippen molar-refractivity contribution in [1.82, 2.24) is 0 Å². The molecule has 0 aromatic rings. The molecule has 0 aromatic heterocycles. The highest BCUT2D eigenvalue weighted by Gasteiger charge is 2.58. The molecular formula is C39H75AlO3. The smallest absolute Gasteiger partial charge is 0.449 e. The lowest BCUT2D eigenvalue weighted by Gasteiger charge is -2.54. The van der Waals surface area contributed by atoms with Gasteiger partial charge in [0, 0.05) is 16.8 Å². The lowest BCUT2D eigenvalue weighted by molar-refractivity contribution is -0.171. The van der Waals surface area contributed by atoms with E-state index in [2.05, 4.69) is 83.1 Å². The molecule has 0 bridgehead atoms. The van der Waals surface area contributed by atoms with Gasteiger partial charge in [0.1, 0.15) is 0 Å². The Kier molecular flexibility index (Phi) is 14.5. The molecule has 0 unspecified atom stereocenters. The Morgan fingerprint density at radius 3 is 0.698 bits per heavy atom. The topological polar surface area (TPSA) is 27.7 Å². The molecule has 3 saturated carbocycles. The Labute approximate surface area is 275 Å². The molecule has 0 aromatic carbocycles. The van der Waals surface area contributed by atoms with Crippen LogP contribution in [0.2, 0.25) is 0 Å². The van der Waals surface area contributed by atoms with Crippen molar-refractivity contribution in [3.05, 3.63) is 0 Å². The predicted molar refractivity (Wildman–Crippen MR) is 186 cm³/mol. The lowest BCUT2D eigenvalue weighted by Crippen LogP contribution is -2.59. The highest BCUT2D eigenvalue weighted by molar-refractivity contribution is 6.37. The summed E-state index contributed by atoms with van der Waals surface area (Å²) >= 11 is -2.57. The first-order valence-electron chi connectivity index (χ1n) is 19.1. The monoisotopic (exact) mass is 619 g/mol. The van der Waals surface area contributed by atoms with Crippen LogP contribution in [0.3, 0.4) is 0 Å². The van der Waals surface area contributed by atoms with E-state index in [-0.39, 0.29) is 16.8 Å². The Bertz CT molecular complexity index is 656. The van der Waals surface area contributed by atoms with E-state index in [0.29, 0.717) is 53.3 Å². The van der Waals surface area contributed by atoms with Gasteiger partial charge in [-0.25, -0.2) is 0 Å². The number of rotatable bonds is 21. The molecule has 252 valence electrons. The summed E-state index contributed by atoms with van der Waals surface area (Å²) in [7, 11) is 0. The van der Waals surface area contributed by atoms with E-state index in [4.69, 9.17) is 11.4 Å². The van der Waals surface area contributed by atoms with Crippen LogP contribution in [0.5, 0.6) is 0 Å². The lowest BCUT2D eigenvalue weighted by atomic mass is 9.67. The molecule has 0 heterocycles. The van der Waals surface area contributed by atoms with E-state index < -0.39 is 15.1 Å². The van der Waals surface area contributed by atoms with E-state index in [9.17, 15) is 0 Å². The molecule has 4 heteroatoms. The van der Waals surface area contributed by atoms with E-state index in [1.54, 1.807) is 0 Å². The number of hydrogen-bond donors (Lipinski definition) is 0. The van der Waals surface area contributed by atoms with E-state index in [0.717, 1.165) is 38.5 Å². The predicted octanol–water partition coefficient (Wildman–Crippen LogP) is 11.9. The molecule has 0 aliphatic heterocycles. The fourth-order valence-electron chi connectivity index (χ4n) is 9.42. The average Bonchev–Trinajstić information content (AvgIpc) is 2.65. The molecule has 3 aliphatic rings. The van der Waals surface area contributed by atoms with Crippen LogP contribution in [0.25, 0.3) is 0 Å². The molecule has 0 spiro atoms. The fourth-order valence-corrected chi connectivity index (χ4v) is 11.9. The van der Waals surface area contributed by atoms with Gasteiger partial charge >= 0.3 is 15.1 Å². The molecule has 3 aliphatic carbocycles. The molecule has 0 atom stereocenters. The Balaban J connectivity index is 2.14. The standard InChI is InChI=1S/3C13H25O.Al/c3*1-10(2)8-13(14,9-11(3)4)12-6-5-7-12;/h3*10-12H,5-9H2,1-4H3;/q3*-1;+3. The largest absolute Gasteiger partial charge is 0.906 e. The van der Waals surface area contributed by atoms with Gasteiger partial charge in [-0.05, 0) is 130 Å². The van der Waals surface area contributed by atoms with Crippen LogP contribution >= 0.6 is 0 Å². The molecule has 3 fully saturated rings. The Morgan fingerprint density at radius 1 is 0.395 bits per heavy atom. The van der Waals surface area contributed by atoms with Crippen molar-refractivity contribution in [3.8, 4) is 0 Å². The Hall–Kier alpha value is 0.412. The molecule has 3 rings (SSSR count). The van der Waals surface area contributed by atoms with Crippen molar-refractivity contribution in [2.75, 3.05) is 0 Å². The quantitative estimate of drug-likeness (QED) is 0.120. The summed E-state index contributed by atoms with van der Waals surface area (Å²) in [5.41, 5.74) is -0.376. The van der Waals surface area contributed by atoms with Gasteiger partial charge < -0.3 is 11.4 Å². The minimum Gasteiger partial charge on any atom is -0.449 e. The van der Waals surface area contributed by atoms with Gasteiger partial charge in [0.15, 0.2) is 0 Å². The number of hydrogen-bond acceptors (Lipinski definition) is 3. The summed E-state index contributed by atoms with van der Waals surface area (Å²) in [5, 5.41) is 0. The van der Waals surface area contributed by atoms with E-state index in [1.165, 1.54) is 57.8 Å². The van der Waals surface area contributed by atoms with E-state index in [1.807, 2.05) is 0 Å². The second kappa shape index (κ2) is 16.5. The van der Waals surface area contributed by atoms with Crippen LogP contribution in [0, 0.1) is 53.3 Å². The molecular weight excluding hydrogens is 543 g/mol. The summed E-state index contributed by atoms with van der Waals surface area (Å²) in [6.07, 6.45) is 18.6. The molecule has 0 N–H and O–H groups in total. The molecule has 0 amide bonds. The summed E-state index contributed by atoms with van der Waals surface area (Å²) in [5.74, 6) is 5.50. The van der Waals surface area contributed by atoms with Crippen molar-refractivity contribution in [2.24, 2.45) is 53.3 Å². The van der Waals surface area contributed by atoms with Crippen molar-refractivity contribution in [3.63, 3.8) is 0 Å². The second-order valence-corrected chi connectivity index (χ2v) is 19.6.